The minimum atomic E-state index is -0.727. The van der Waals surface area contributed by atoms with Crippen molar-refractivity contribution in [3.05, 3.63) is 22.4 Å². The van der Waals surface area contributed by atoms with Gasteiger partial charge in [0.2, 0.25) is 0 Å². The van der Waals surface area contributed by atoms with Gasteiger partial charge in [0.15, 0.2) is 0 Å². The Morgan fingerprint density at radius 1 is 1.82 bits per heavy atom. The summed E-state index contributed by atoms with van der Waals surface area (Å²) in [6.07, 6.45) is 0.663. The molecule has 1 atom stereocenters. The number of carboxylic acids is 1. The topological polar surface area (TPSA) is 37.3 Å². The Kier molecular flexibility index (Phi) is 2.65. The second kappa shape index (κ2) is 3.53. The molecule has 0 aliphatic heterocycles. The summed E-state index contributed by atoms with van der Waals surface area (Å²) in [5.41, 5.74) is 0. The molecule has 0 radical (unpaired) electrons. The Morgan fingerprint density at radius 3 is 2.91 bits per heavy atom. The van der Waals surface area contributed by atoms with E-state index in [1.807, 2.05) is 24.4 Å². The van der Waals surface area contributed by atoms with Gasteiger partial charge in [0, 0.05) is 4.88 Å². The molecule has 0 spiro atoms. The Hall–Kier alpha value is -0.830. The molecule has 0 aliphatic carbocycles. The molecule has 0 aromatic carbocycles. The molecule has 0 saturated heterocycles. The van der Waals surface area contributed by atoms with Crippen LogP contribution in [-0.2, 0) is 4.79 Å². The quantitative estimate of drug-likeness (QED) is 0.755. The van der Waals surface area contributed by atoms with Gasteiger partial charge >= 0.3 is 5.97 Å². The van der Waals surface area contributed by atoms with Crippen LogP contribution in [-0.4, -0.2) is 11.1 Å². The van der Waals surface area contributed by atoms with Crippen LogP contribution in [0.3, 0.4) is 0 Å². The van der Waals surface area contributed by atoms with Crippen molar-refractivity contribution in [3.63, 3.8) is 0 Å². The van der Waals surface area contributed by atoms with Crippen molar-refractivity contribution >= 4 is 17.3 Å². The largest absolute Gasteiger partial charge is 0.481 e. The lowest BCUT2D eigenvalue weighted by atomic mass is 10.1. The van der Waals surface area contributed by atoms with Crippen molar-refractivity contribution in [1.82, 2.24) is 0 Å². The van der Waals surface area contributed by atoms with Gasteiger partial charge in [-0.15, -0.1) is 11.3 Å². The van der Waals surface area contributed by atoms with Gasteiger partial charge in [-0.2, -0.15) is 0 Å². The van der Waals surface area contributed by atoms with Gasteiger partial charge in [-0.3, -0.25) is 4.79 Å². The third-order valence-corrected chi connectivity index (χ3v) is 2.58. The van der Waals surface area contributed by atoms with E-state index in [9.17, 15) is 4.79 Å². The molecule has 1 aromatic rings. The lowest BCUT2D eigenvalue weighted by Crippen LogP contribution is -2.08. The number of rotatable bonds is 3. The van der Waals surface area contributed by atoms with E-state index in [2.05, 4.69) is 0 Å². The van der Waals surface area contributed by atoms with E-state index in [4.69, 9.17) is 5.11 Å². The Bertz CT molecular complexity index is 228. The Morgan fingerprint density at radius 2 is 2.55 bits per heavy atom. The van der Waals surface area contributed by atoms with Gasteiger partial charge in [-0.25, -0.2) is 0 Å². The summed E-state index contributed by atoms with van der Waals surface area (Å²) in [7, 11) is 0. The highest BCUT2D eigenvalue weighted by molar-refractivity contribution is 7.10. The third kappa shape index (κ3) is 1.80. The van der Waals surface area contributed by atoms with Crippen molar-refractivity contribution in [2.24, 2.45) is 0 Å². The highest BCUT2D eigenvalue weighted by Crippen LogP contribution is 2.23. The van der Waals surface area contributed by atoms with Crippen LogP contribution in [0.25, 0.3) is 0 Å². The van der Waals surface area contributed by atoms with Crippen LogP contribution in [0.2, 0.25) is 0 Å². The molecule has 11 heavy (non-hydrogen) atoms. The Labute approximate surface area is 69.5 Å². The standard InChI is InChI=1S/C8H10O2S/c1-2-6(8(9)10)7-4-3-5-11-7/h3-6H,2H2,1H3,(H,9,10). The van der Waals surface area contributed by atoms with E-state index in [-0.39, 0.29) is 5.92 Å². The average Bonchev–Trinajstić information content (AvgIpc) is 2.40. The van der Waals surface area contributed by atoms with Gasteiger partial charge < -0.3 is 5.11 Å². The molecule has 0 fully saturated rings. The summed E-state index contributed by atoms with van der Waals surface area (Å²) in [5.74, 6) is -1.04. The summed E-state index contributed by atoms with van der Waals surface area (Å²) < 4.78 is 0. The lowest BCUT2D eigenvalue weighted by Gasteiger charge is -2.04. The second-order valence-corrected chi connectivity index (χ2v) is 3.29. The van der Waals surface area contributed by atoms with Crippen LogP contribution in [0.5, 0.6) is 0 Å². The zero-order chi connectivity index (χ0) is 8.27. The lowest BCUT2D eigenvalue weighted by molar-refractivity contribution is -0.138. The third-order valence-electron chi connectivity index (χ3n) is 1.59. The first-order chi connectivity index (χ1) is 5.25. The van der Waals surface area contributed by atoms with E-state index >= 15 is 0 Å². The molecule has 1 N–H and O–H groups in total. The molecule has 0 aliphatic rings. The smallest absolute Gasteiger partial charge is 0.311 e. The van der Waals surface area contributed by atoms with Crippen molar-refractivity contribution in [2.45, 2.75) is 19.3 Å². The maximum atomic E-state index is 10.6. The molecule has 1 rings (SSSR count). The minimum Gasteiger partial charge on any atom is -0.481 e. The minimum absolute atomic E-state index is 0.310. The van der Waals surface area contributed by atoms with Crippen LogP contribution in [0.1, 0.15) is 24.1 Å². The van der Waals surface area contributed by atoms with Crippen molar-refractivity contribution < 1.29 is 9.90 Å². The van der Waals surface area contributed by atoms with Crippen LogP contribution in [0, 0.1) is 0 Å². The first-order valence-electron chi connectivity index (χ1n) is 3.52. The molecule has 0 bridgehead atoms. The fourth-order valence-electron chi connectivity index (χ4n) is 0.987. The van der Waals surface area contributed by atoms with E-state index < -0.39 is 5.97 Å². The van der Waals surface area contributed by atoms with E-state index in [0.29, 0.717) is 6.42 Å². The van der Waals surface area contributed by atoms with Gasteiger partial charge in [-0.05, 0) is 17.9 Å². The van der Waals surface area contributed by atoms with Crippen molar-refractivity contribution in [1.29, 1.82) is 0 Å². The van der Waals surface area contributed by atoms with Crippen LogP contribution < -0.4 is 0 Å². The summed E-state index contributed by atoms with van der Waals surface area (Å²) in [5, 5.41) is 10.7. The molecule has 0 saturated carbocycles. The van der Waals surface area contributed by atoms with Crippen LogP contribution >= 0.6 is 11.3 Å². The summed E-state index contributed by atoms with van der Waals surface area (Å²) >= 11 is 1.50. The van der Waals surface area contributed by atoms with Crippen molar-refractivity contribution in [3.8, 4) is 0 Å². The monoisotopic (exact) mass is 170 g/mol. The highest BCUT2D eigenvalue weighted by atomic mass is 32.1. The average molecular weight is 170 g/mol. The molecular formula is C8H10O2S. The predicted molar refractivity (Wildman–Crippen MR) is 45.0 cm³/mol. The number of carboxylic acid groups (broad SMARTS) is 1. The van der Waals surface area contributed by atoms with Gasteiger partial charge in [-0.1, -0.05) is 13.0 Å². The summed E-state index contributed by atoms with van der Waals surface area (Å²) in [6, 6.07) is 3.75. The van der Waals surface area contributed by atoms with Crippen LogP contribution in [0.15, 0.2) is 17.5 Å². The van der Waals surface area contributed by atoms with E-state index in [1.54, 1.807) is 0 Å². The number of carbonyl (C=O) groups is 1. The fourth-order valence-corrected chi connectivity index (χ4v) is 1.89. The molecule has 1 heterocycles. The molecule has 2 nitrogen and oxygen atoms in total. The predicted octanol–water partition coefficient (Wildman–Crippen LogP) is 2.33. The number of aliphatic carboxylic acids is 1. The fraction of sp³-hybridized carbons (Fsp3) is 0.375. The maximum Gasteiger partial charge on any atom is 0.311 e. The summed E-state index contributed by atoms with van der Waals surface area (Å²) in [6.45, 7) is 1.89. The van der Waals surface area contributed by atoms with Crippen molar-refractivity contribution in [2.75, 3.05) is 0 Å². The van der Waals surface area contributed by atoms with Gasteiger partial charge in [0.05, 0.1) is 5.92 Å². The first kappa shape index (κ1) is 8.27. The normalized spacial score (nSPS) is 12.8. The molecule has 0 amide bonds. The summed E-state index contributed by atoms with van der Waals surface area (Å²) in [4.78, 5) is 11.6. The van der Waals surface area contributed by atoms with Gasteiger partial charge in [0.25, 0.3) is 0 Å². The van der Waals surface area contributed by atoms with E-state index in [0.717, 1.165) is 4.88 Å². The molecule has 1 aromatic heterocycles. The zero-order valence-corrected chi connectivity index (χ0v) is 7.10. The second-order valence-electron chi connectivity index (χ2n) is 2.31. The number of thiophene rings is 1. The Balaban J connectivity index is 2.79. The van der Waals surface area contributed by atoms with Gasteiger partial charge in [0.1, 0.15) is 0 Å². The van der Waals surface area contributed by atoms with E-state index in [1.165, 1.54) is 11.3 Å². The number of hydrogen-bond donors (Lipinski definition) is 1. The zero-order valence-electron chi connectivity index (χ0n) is 6.28. The molecule has 60 valence electrons. The first-order valence-corrected chi connectivity index (χ1v) is 4.40. The molecular weight excluding hydrogens is 160 g/mol. The number of hydrogen-bond acceptors (Lipinski definition) is 2. The molecule has 1 unspecified atom stereocenters. The maximum absolute atomic E-state index is 10.6. The molecule has 3 heteroatoms. The highest BCUT2D eigenvalue weighted by Gasteiger charge is 2.17. The SMILES string of the molecule is CCC(C(=O)O)c1cccs1. The van der Waals surface area contributed by atoms with Crippen LogP contribution in [0.4, 0.5) is 0 Å².